The zero-order chi connectivity index (χ0) is 20.9. The molecule has 29 heavy (non-hydrogen) atoms. The lowest BCUT2D eigenvalue weighted by Crippen LogP contribution is -2.48. The van der Waals surface area contributed by atoms with Crippen molar-refractivity contribution in [3.63, 3.8) is 0 Å². The van der Waals surface area contributed by atoms with E-state index >= 15 is 0 Å². The molecule has 1 aliphatic rings. The smallest absolute Gasteiger partial charge is 0.370 e. The van der Waals surface area contributed by atoms with Crippen molar-refractivity contribution < 1.29 is 17.9 Å². The van der Waals surface area contributed by atoms with Crippen molar-refractivity contribution in [3.8, 4) is 11.8 Å². The molecule has 0 amide bonds. The van der Waals surface area contributed by atoms with Gasteiger partial charge in [-0.05, 0) is 18.2 Å². The summed E-state index contributed by atoms with van der Waals surface area (Å²) in [7, 11) is 3.53. The van der Waals surface area contributed by atoms with Crippen molar-refractivity contribution in [3.05, 3.63) is 53.3 Å². The summed E-state index contributed by atoms with van der Waals surface area (Å²) in [4.78, 5) is 6.34. The molecule has 1 aromatic heterocycles. The second-order valence-electron chi connectivity index (χ2n) is 6.53. The third-order valence-electron chi connectivity index (χ3n) is 4.43. The zero-order valence-electron chi connectivity index (χ0n) is 16.2. The molecule has 6 nitrogen and oxygen atoms in total. The highest BCUT2D eigenvalue weighted by Crippen LogP contribution is 2.29. The van der Waals surface area contributed by atoms with Gasteiger partial charge >= 0.3 is 6.18 Å². The third-order valence-corrected chi connectivity index (χ3v) is 4.43. The Morgan fingerprint density at radius 1 is 1.41 bits per heavy atom. The molecule has 1 aromatic carbocycles. The standard InChI is InChI=1S/C20H22F3N5O/c1-24-19(28-9-10-29-18(14-28)16-12-26-27(2)13-16)25-8-4-6-15-5-3-7-17(11-15)20(21,22)23/h3,5,7,11-13,18H,8-10,14H2,1-2H3,(H,24,25). The number of nitrogens with one attached hydrogen (secondary N) is 1. The number of halogens is 3. The lowest BCUT2D eigenvalue weighted by atomic mass is 10.1. The summed E-state index contributed by atoms with van der Waals surface area (Å²) in [6.45, 7) is 2.11. The molecule has 1 unspecified atom stereocenters. The number of morpholine rings is 1. The SMILES string of the molecule is CN=C(NCC#Cc1cccc(C(F)(F)F)c1)N1CCOC(c2cnn(C)c2)C1. The van der Waals surface area contributed by atoms with E-state index in [9.17, 15) is 13.2 Å². The molecule has 3 rings (SSSR count). The van der Waals surface area contributed by atoms with Gasteiger partial charge in [0.05, 0.1) is 31.5 Å². The maximum atomic E-state index is 12.8. The van der Waals surface area contributed by atoms with Crippen LogP contribution in [-0.4, -0.2) is 53.9 Å². The number of hydrogen-bond donors (Lipinski definition) is 1. The molecule has 2 heterocycles. The van der Waals surface area contributed by atoms with Gasteiger partial charge in [0.1, 0.15) is 6.10 Å². The summed E-state index contributed by atoms with van der Waals surface area (Å²) in [6.07, 6.45) is -0.776. The summed E-state index contributed by atoms with van der Waals surface area (Å²) in [5.41, 5.74) is 0.611. The van der Waals surface area contributed by atoms with Gasteiger partial charge in [-0.2, -0.15) is 18.3 Å². The monoisotopic (exact) mass is 405 g/mol. The third kappa shape index (κ3) is 5.51. The topological polar surface area (TPSA) is 54.7 Å². The van der Waals surface area contributed by atoms with Crippen LogP contribution >= 0.6 is 0 Å². The van der Waals surface area contributed by atoms with Crippen molar-refractivity contribution >= 4 is 5.96 Å². The van der Waals surface area contributed by atoms with Crippen LogP contribution in [0.2, 0.25) is 0 Å². The zero-order valence-corrected chi connectivity index (χ0v) is 16.2. The van der Waals surface area contributed by atoms with Crippen LogP contribution in [0.15, 0.2) is 41.7 Å². The molecule has 9 heteroatoms. The predicted molar refractivity (Wildman–Crippen MR) is 103 cm³/mol. The number of rotatable bonds is 2. The molecule has 0 aliphatic carbocycles. The molecule has 154 valence electrons. The van der Waals surface area contributed by atoms with Gasteiger partial charge < -0.3 is 15.0 Å². The van der Waals surface area contributed by atoms with Crippen LogP contribution < -0.4 is 5.32 Å². The van der Waals surface area contributed by atoms with Gasteiger partial charge in [-0.15, -0.1) is 0 Å². The van der Waals surface area contributed by atoms with E-state index in [4.69, 9.17) is 4.74 Å². The lowest BCUT2D eigenvalue weighted by Gasteiger charge is -2.34. The Kier molecular flexibility index (Phi) is 6.44. The number of aliphatic imine (C=N–C) groups is 1. The van der Waals surface area contributed by atoms with Crippen LogP contribution in [0.3, 0.4) is 0 Å². The van der Waals surface area contributed by atoms with E-state index in [0.717, 1.165) is 17.7 Å². The van der Waals surface area contributed by atoms with Crippen LogP contribution in [0.5, 0.6) is 0 Å². The van der Waals surface area contributed by atoms with E-state index in [1.165, 1.54) is 6.07 Å². The fraction of sp³-hybridized carbons (Fsp3) is 0.400. The Morgan fingerprint density at radius 3 is 2.93 bits per heavy atom. The molecule has 1 N–H and O–H groups in total. The number of guanidine groups is 1. The lowest BCUT2D eigenvalue weighted by molar-refractivity contribution is -0.137. The number of hydrogen-bond acceptors (Lipinski definition) is 3. The first-order valence-electron chi connectivity index (χ1n) is 9.08. The molecule has 1 aliphatic heterocycles. The molecular formula is C20H22F3N5O. The van der Waals surface area contributed by atoms with Crippen molar-refractivity contribution in [2.24, 2.45) is 12.0 Å². The van der Waals surface area contributed by atoms with Crippen LogP contribution in [0, 0.1) is 11.8 Å². The van der Waals surface area contributed by atoms with Gasteiger partial charge in [0.15, 0.2) is 5.96 Å². The van der Waals surface area contributed by atoms with Gasteiger partial charge in [-0.25, -0.2) is 0 Å². The Balaban J connectivity index is 1.58. The quantitative estimate of drug-likeness (QED) is 0.474. The van der Waals surface area contributed by atoms with Gasteiger partial charge in [0.2, 0.25) is 0 Å². The Labute approximate surface area is 167 Å². The molecule has 1 atom stereocenters. The van der Waals surface area contributed by atoms with Crippen LogP contribution in [0.1, 0.15) is 22.8 Å². The summed E-state index contributed by atoms with van der Waals surface area (Å²) >= 11 is 0. The first-order chi connectivity index (χ1) is 13.9. The maximum Gasteiger partial charge on any atom is 0.416 e. The van der Waals surface area contributed by atoms with Gasteiger partial charge in [0.25, 0.3) is 0 Å². The minimum atomic E-state index is -4.38. The number of ether oxygens (including phenoxy) is 1. The molecule has 0 bridgehead atoms. The van der Waals surface area contributed by atoms with Crippen LogP contribution in [0.4, 0.5) is 13.2 Å². The maximum absolute atomic E-state index is 12.8. The second kappa shape index (κ2) is 9.01. The Bertz CT molecular complexity index is 926. The van der Waals surface area contributed by atoms with Crippen molar-refractivity contribution in [2.75, 3.05) is 33.3 Å². The largest absolute Gasteiger partial charge is 0.416 e. The second-order valence-corrected chi connectivity index (χ2v) is 6.53. The molecular weight excluding hydrogens is 383 g/mol. The fourth-order valence-electron chi connectivity index (χ4n) is 3.02. The minimum Gasteiger partial charge on any atom is -0.370 e. The van der Waals surface area contributed by atoms with E-state index in [0.29, 0.717) is 31.2 Å². The molecule has 1 saturated heterocycles. The number of benzene rings is 1. The van der Waals surface area contributed by atoms with E-state index < -0.39 is 11.7 Å². The summed E-state index contributed by atoms with van der Waals surface area (Å²) in [5.74, 6) is 6.27. The van der Waals surface area contributed by atoms with Gasteiger partial charge in [-0.1, -0.05) is 17.9 Å². The van der Waals surface area contributed by atoms with Crippen molar-refractivity contribution in [2.45, 2.75) is 12.3 Å². The van der Waals surface area contributed by atoms with E-state index in [1.807, 2.05) is 13.2 Å². The number of alkyl halides is 3. The minimum absolute atomic E-state index is 0.104. The average molecular weight is 405 g/mol. The molecule has 2 aromatic rings. The first kappa shape index (κ1) is 20.7. The van der Waals surface area contributed by atoms with Gasteiger partial charge in [0, 0.05) is 38.0 Å². The predicted octanol–water partition coefficient (Wildman–Crippen LogP) is 2.44. The van der Waals surface area contributed by atoms with Crippen LogP contribution in [0.25, 0.3) is 0 Å². The molecule has 0 saturated carbocycles. The molecule has 0 spiro atoms. The fourth-order valence-corrected chi connectivity index (χ4v) is 3.02. The Morgan fingerprint density at radius 2 is 2.24 bits per heavy atom. The number of aromatic nitrogens is 2. The van der Waals surface area contributed by atoms with Crippen molar-refractivity contribution in [1.29, 1.82) is 0 Å². The molecule has 0 radical (unpaired) electrons. The average Bonchev–Trinajstić information content (AvgIpc) is 3.14. The van der Waals surface area contributed by atoms with Crippen LogP contribution in [-0.2, 0) is 18.0 Å². The Hall–Kier alpha value is -2.99. The molecule has 1 fully saturated rings. The van der Waals surface area contributed by atoms with E-state index in [2.05, 4.69) is 32.1 Å². The van der Waals surface area contributed by atoms with Crippen molar-refractivity contribution in [1.82, 2.24) is 20.0 Å². The summed E-state index contributed by atoms with van der Waals surface area (Å²) in [6, 6.07) is 4.98. The highest BCUT2D eigenvalue weighted by molar-refractivity contribution is 5.80. The normalized spacial score (nSPS) is 17.6. The summed E-state index contributed by atoms with van der Waals surface area (Å²) < 4.78 is 45.9. The summed E-state index contributed by atoms with van der Waals surface area (Å²) in [5, 5.41) is 7.31. The number of aryl methyl sites for hydroxylation is 1. The number of nitrogens with zero attached hydrogens (tertiary/aromatic N) is 4. The van der Waals surface area contributed by atoms with E-state index in [-0.39, 0.29) is 12.6 Å². The van der Waals surface area contributed by atoms with Gasteiger partial charge in [-0.3, -0.25) is 9.67 Å². The highest BCUT2D eigenvalue weighted by atomic mass is 19.4. The highest BCUT2D eigenvalue weighted by Gasteiger charge is 2.30. The first-order valence-corrected chi connectivity index (χ1v) is 9.08. The van der Waals surface area contributed by atoms with E-state index in [1.54, 1.807) is 24.0 Å².